The molecule has 0 fully saturated rings. The molecule has 100 valence electrons. The molecule has 0 aliphatic carbocycles. The zero-order chi connectivity index (χ0) is 13.5. The van der Waals surface area contributed by atoms with Gasteiger partial charge in [0.2, 0.25) is 0 Å². The lowest BCUT2D eigenvalue weighted by Gasteiger charge is -2.11. The van der Waals surface area contributed by atoms with Gasteiger partial charge in [-0.15, -0.1) is 0 Å². The summed E-state index contributed by atoms with van der Waals surface area (Å²) in [4.78, 5) is 12.2. The fourth-order valence-corrected chi connectivity index (χ4v) is 2.33. The molecule has 0 aliphatic heterocycles. The molecule has 1 unspecified atom stereocenters. The third-order valence-corrected chi connectivity index (χ3v) is 3.47. The molecule has 18 heavy (non-hydrogen) atoms. The topological polar surface area (TPSA) is 26.3 Å². The molecule has 1 aromatic carbocycles. The second-order valence-corrected chi connectivity index (χ2v) is 5.40. The van der Waals surface area contributed by atoms with Gasteiger partial charge in [0.25, 0.3) is 0 Å². The molecule has 0 saturated heterocycles. The summed E-state index contributed by atoms with van der Waals surface area (Å²) in [6.45, 7) is 6.85. The van der Waals surface area contributed by atoms with Crippen molar-refractivity contribution in [2.45, 2.75) is 40.0 Å². The molecule has 0 N–H and O–H groups in total. The minimum atomic E-state index is 0.0873. The van der Waals surface area contributed by atoms with Crippen LogP contribution in [0.4, 0.5) is 0 Å². The molecule has 1 atom stereocenters. The Hall–Kier alpha value is -0.830. The molecule has 1 aromatic rings. The standard InChI is InChI=1S/C15H21BrO2/c1-4-6-11(3)15(17)12-7-8-14(13(16)10-12)18-9-5-2/h7-8,10-11H,4-6,9H2,1-3H3. The van der Waals surface area contributed by atoms with Crippen LogP contribution in [0.15, 0.2) is 22.7 Å². The van der Waals surface area contributed by atoms with Crippen LogP contribution in [0.25, 0.3) is 0 Å². The second-order valence-electron chi connectivity index (χ2n) is 4.55. The minimum Gasteiger partial charge on any atom is -0.492 e. The van der Waals surface area contributed by atoms with Crippen LogP contribution in [0, 0.1) is 5.92 Å². The Morgan fingerprint density at radius 3 is 2.61 bits per heavy atom. The highest BCUT2D eigenvalue weighted by atomic mass is 79.9. The maximum Gasteiger partial charge on any atom is 0.165 e. The third-order valence-electron chi connectivity index (χ3n) is 2.85. The van der Waals surface area contributed by atoms with Crippen molar-refractivity contribution >= 4 is 21.7 Å². The summed E-state index contributed by atoms with van der Waals surface area (Å²) in [5.41, 5.74) is 0.756. The van der Waals surface area contributed by atoms with Gasteiger partial charge < -0.3 is 4.74 Å². The van der Waals surface area contributed by atoms with Gasteiger partial charge in [0, 0.05) is 11.5 Å². The molecule has 0 heterocycles. The Labute approximate surface area is 118 Å². The molecule has 0 amide bonds. The van der Waals surface area contributed by atoms with Crippen molar-refractivity contribution in [3.63, 3.8) is 0 Å². The van der Waals surface area contributed by atoms with E-state index in [4.69, 9.17) is 4.74 Å². The predicted molar refractivity (Wildman–Crippen MR) is 78.3 cm³/mol. The summed E-state index contributed by atoms with van der Waals surface area (Å²) in [7, 11) is 0. The van der Waals surface area contributed by atoms with E-state index in [1.165, 1.54) is 0 Å². The van der Waals surface area contributed by atoms with Crippen molar-refractivity contribution in [2.24, 2.45) is 5.92 Å². The summed E-state index contributed by atoms with van der Waals surface area (Å²) < 4.78 is 6.42. The molecular weight excluding hydrogens is 292 g/mol. The fourth-order valence-electron chi connectivity index (χ4n) is 1.83. The van der Waals surface area contributed by atoms with E-state index >= 15 is 0 Å². The quantitative estimate of drug-likeness (QED) is 0.672. The van der Waals surface area contributed by atoms with Crippen LogP contribution in [-0.4, -0.2) is 12.4 Å². The number of hydrogen-bond donors (Lipinski definition) is 0. The zero-order valence-corrected chi connectivity index (χ0v) is 12.9. The highest BCUT2D eigenvalue weighted by molar-refractivity contribution is 9.10. The maximum atomic E-state index is 12.2. The number of halogens is 1. The predicted octanol–water partition coefficient (Wildman–Crippen LogP) is 4.86. The number of benzene rings is 1. The van der Waals surface area contributed by atoms with Crippen molar-refractivity contribution in [2.75, 3.05) is 6.61 Å². The lowest BCUT2D eigenvalue weighted by molar-refractivity contribution is 0.0923. The van der Waals surface area contributed by atoms with E-state index in [2.05, 4.69) is 29.8 Å². The first kappa shape index (κ1) is 15.2. The summed E-state index contributed by atoms with van der Waals surface area (Å²) in [5, 5.41) is 0. The second kappa shape index (κ2) is 7.57. The van der Waals surface area contributed by atoms with E-state index in [1.54, 1.807) is 0 Å². The lowest BCUT2D eigenvalue weighted by Crippen LogP contribution is -2.11. The van der Waals surface area contributed by atoms with E-state index in [0.29, 0.717) is 6.61 Å². The largest absolute Gasteiger partial charge is 0.492 e. The number of Topliss-reactive ketones (excluding diaryl/α,β-unsaturated/α-hetero) is 1. The van der Waals surface area contributed by atoms with Gasteiger partial charge in [-0.05, 0) is 47.0 Å². The van der Waals surface area contributed by atoms with E-state index in [-0.39, 0.29) is 11.7 Å². The normalized spacial score (nSPS) is 12.2. The van der Waals surface area contributed by atoms with E-state index in [1.807, 2.05) is 25.1 Å². The van der Waals surface area contributed by atoms with Gasteiger partial charge in [0.15, 0.2) is 5.78 Å². The molecule has 2 nitrogen and oxygen atoms in total. The Bertz CT molecular complexity index is 401. The van der Waals surface area contributed by atoms with Crippen LogP contribution in [0.3, 0.4) is 0 Å². The maximum absolute atomic E-state index is 12.2. The van der Waals surface area contributed by atoms with Crippen molar-refractivity contribution in [1.29, 1.82) is 0 Å². The Morgan fingerprint density at radius 1 is 1.33 bits per heavy atom. The molecule has 0 saturated carbocycles. The average molecular weight is 313 g/mol. The number of ether oxygens (including phenoxy) is 1. The summed E-state index contributed by atoms with van der Waals surface area (Å²) in [6, 6.07) is 5.58. The number of carbonyl (C=O) groups excluding carboxylic acids is 1. The average Bonchev–Trinajstić information content (AvgIpc) is 2.36. The van der Waals surface area contributed by atoms with Gasteiger partial charge >= 0.3 is 0 Å². The van der Waals surface area contributed by atoms with Crippen molar-refractivity contribution in [3.05, 3.63) is 28.2 Å². The molecule has 0 aromatic heterocycles. The van der Waals surface area contributed by atoms with Crippen molar-refractivity contribution in [1.82, 2.24) is 0 Å². The van der Waals surface area contributed by atoms with E-state index in [9.17, 15) is 4.79 Å². The number of ketones is 1. The number of carbonyl (C=O) groups is 1. The molecule has 0 radical (unpaired) electrons. The lowest BCUT2D eigenvalue weighted by atomic mass is 9.95. The third kappa shape index (κ3) is 4.13. The van der Waals surface area contributed by atoms with Gasteiger partial charge in [-0.2, -0.15) is 0 Å². The molecular formula is C15H21BrO2. The summed E-state index contributed by atoms with van der Waals surface area (Å²) in [6.07, 6.45) is 2.94. The van der Waals surface area contributed by atoms with Crippen LogP contribution in [-0.2, 0) is 0 Å². The fraction of sp³-hybridized carbons (Fsp3) is 0.533. The first-order chi connectivity index (χ1) is 8.60. The van der Waals surface area contributed by atoms with Crippen molar-refractivity contribution < 1.29 is 9.53 Å². The first-order valence-corrected chi connectivity index (χ1v) is 7.36. The highest BCUT2D eigenvalue weighted by Gasteiger charge is 2.15. The molecule has 0 spiro atoms. The molecule has 0 aliphatic rings. The Balaban J connectivity index is 2.80. The van der Waals surface area contributed by atoms with E-state index < -0.39 is 0 Å². The molecule has 0 bridgehead atoms. The van der Waals surface area contributed by atoms with Gasteiger partial charge in [-0.25, -0.2) is 0 Å². The van der Waals surface area contributed by atoms with Crippen LogP contribution in [0.1, 0.15) is 50.4 Å². The number of hydrogen-bond acceptors (Lipinski definition) is 2. The first-order valence-electron chi connectivity index (χ1n) is 6.56. The van der Waals surface area contributed by atoms with Crippen LogP contribution >= 0.6 is 15.9 Å². The molecule has 1 rings (SSSR count). The van der Waals surface area contributed by atoms with Crippen molar-refractivity contribution in [3.8, 4) is 5.75 Å². The monoisotopic (exact) mass is 312 g/mol. The molecule has 3 heteroatoms. The van der Waals surface area contributed by atoms with Crippen LogP contribution in [0.5, 0.6) is 5.75 Å². The van der Waals surface area contributed by atoms with Gasteiger partial charge in [0.05, 0.1) is 11.1 Å². The Morgan fingerprint density at radius 2 is 2.06 bits per heavy atom. The highest BCUT2D eigenvalue weighted by Crippen LogP contribution is 2.27. The SMILES string of the molecule is CCCOc1ccc(C(=O)C(C)CCC)cc1Br. The summed E-state index contributed by atoms with van der Waals surface area (Å²) >= 11 is 3.46. The van der Waals surface area contributed by atoms with Gasteiger partial charge in [0.1, 0.15) is 5.75 Å². The van der Waals surface area contributed by atoms with E-state index in [0.717, 1.165) is 35.0 Å². The van der Waals surface area contributed by atoms with Gasteiger partial charge in [-0.1, -0.05) is 27.2 Å². The smallest absolute Gasteiger partial charge is 0.165 e. The Kier molecular flexibility index (Phi) is 6.41. The van der Waals surface area contributed by atoms with Crippen LogP contribution in [0.2, 0.25) is 0 Å². The number of rotatable bonds is 7. The van der Waals surface area contributed by atoms with Crippen LogP contribution < -0.4 is 4.74 Å². The summed E-state index contributed by atoms with van der Waals surface area (Å²) in [5.74, 6) is 1.10. The van der Waals surface area contributed by atoms with Gasteiger partial charge in [-0.3, -0.25) is 4.79 Å². The zero-order valence-electron chi connectivity index (χ0n) is 11.3. The minimum absolute atomic E-state index is 0.0873.